The van der Waals surface area contributed by atoms with Gasteiger partial charge in [0.15, 0.2) is 6.10 Å². The van der Waals surface area contributed by atoms with Crippen molar-refractivity contribution in [3.8, 4) is 22.6 Å². The molecule has 0 aliphatic carbocycles. The molecule has 1 aliphatic rings. The molecule has 3 aromatic rings. The van der Waals surface area contributed by atoms with Crippen LogP contribution in [0.4, 0.5) is 18.9 Å². The number of esters is 1. The van der Waals surface area contributed by atoms with E-state index in [2.05, 4.69) is 9.84 Å². The number of fused-ring (bicyclic) bond motifs is 1. The molecule has 4 rings (SSSR count). The number of rotatable bonds is 4. The molecule has 0 radical (unpaired) electrons. The van der Waals surface area contributed by atoms with E-state index in [1.54, 1.807) is 18.2 Å². The number of hydrogen-bond donors (Lipinski definition) is 2. The Balaban J connectivity index is 2.06. The molecule has 0 amide bonds. The fourth-order valence-corrected chi connectivity index (χ4v) is 3.85. The molecule has 0 fully saturated rings. The number of nitrogens with zero attached hydrogens (tertiary/aromatic N) is 2. The van der Waals surface area contributed by atoms with Crippen LogP contribution in [0.15, 0.2) is 42.7 Å². The van der Waals surface area contributed by atoms with Gasteiger partial charge in [-0.05, 0) is 48.2 Å². The van der Waals surface area contributed by atoms with Crippen LogP contribution in [0, 0.1) is 0 Å². The number of anilines is 1. The normalized spacial score (nSPS) is 14.4. The molecule has 10 heteroatoms. The van der Waals surface area contributed by atoms with Gasteiger partial charge in [0.2, 0.25) is 0 Å². The van der Waals surface area contributed by atoms with E-state index >= 15 is 0 Å². The van der Waals surface area contributed by atoms with Crippen molar-refractivity contribution < 1.29 is 32.5 Å². The third-order valence-electron chi connectivity index (χ3n) is 5.27. The van der Waals surface area contributed by atoms with Gasteiger partial charge in [-0.15, -0.1) is 0 Å². The van der Waals surface area contributed by atoms with Crippen molar-refractivity contribution in [2.75, 3.05) is 19.5 Å². The van der Waals surface area contributed by atoms with Gasteiger partial charge < -0.3 is 20.3 Å². The highest BCUT2D eigenvalue weighted by molar-refractivity contribution is 5.86. The monoisotopic (exact) mass is 447 g/mol. The van der Waals surface area contributed by atoms with Crippen molar-refractivity contribution in [2.24, 2.45) is 0 Å². The molecular formula is C22H20F3N3O4. The van der Waals surface area contributed by atoms with Crippen molar-refractivity contribution in [1.82, 2.24) is 9.78 Å². The molecule has 168 valence electrons. The fraction of sp³-hybridized carbons (Fsp3) is 0.273. The van der Waals surface area contributed by atoms with Crippen molar-refractivity contribution in [1.29, 1.82) is 0 Å². The first-order valence-electron chi connectivity index (χ1n) is 9.77. The number of carbonyl (C=O) groups is 1. The maximum Gasteiger partial charge on any atom is 0.416 e. The molecule has 2 heterocycles. The summed E-state index contributed by atoms with van der Waals surface area (Å²) < 4.78 is 53.3. The van der Waals surface area contributed by atoms with E-state index in [0.29, 0.717) is 30.0 Å². The highest BCUT2D eigenvalue weighted by atomic mass is 19.4. The number of ether oxygens (including phenoxy) is 2. The Morgan fingerprint density at radius 3 is 2.75 bits per heavy atom. The molecule has 1 aliphatic heterocycles. The van der Waals surface area contributed by atoms with Gasteiger partial charge in [0.1, 0.15) is 5.75 Å². The number of nitrogens with two attached hydrogens (primary N) is 1. The van der Waals surface area contributed by atoms with Crippen LogP contribution in [0.1, 0.15) is 29.2 Å². The predicted octanol–water partition coefficient (Wildman–Crippen LogP) is 3.67. The second-order valence-electron chi connectivity index (χ2n) is 7.34. The molecule has 7 nitrogen and oxygen atoms in total. The maximum absolute atomic E-state index is 14.0. The zero-order valence-corrected chi connectivity index (χ0v) is 17.0. The molecule has 0 bridgehead atoms. The third-order valence-corrected chi connectivity index (χ3v) is 5.27. The van der Waals surface area contributed by atoms with Gasteiger partial charge >= 0.3 is 12.1 Å². The molecule has 3 N–H and O–H groups in total. The van der Waals surface area contributed by atoms with Crippen molar-refractivity contribution in [3.63, 3.8) is 0 Å². The van der Waals surface area contributed by atoms with Gasteiger partial charge in [0, 0.05) is 11.1 Å². The Morgan fingerprint density at radius 2 is 2.09 bits per heavy atom. The van der Waals surface area contributed by atoms with Gasteiger partial charge in [-0.1, -0.05) is 6.07 Å². The van der Waals surface area contributed by atoms with E-state index in [4.69, 9.17) is 10.5 Å². The first-order valence-corrected chi connectivity index (χ1v) is 9.77. The number of aliphatic hydroxyl groups is 1. The van der Waals surface area contributed by atoms with Crippen molar-refractivity contribution in [2.45, 2.75) is 25.1 Å². The third kappa shape index (κ3) is 3.89. The minimum absolute atomic E-state index is 0.00537. The molecule has 0 saturated carbocycles. The Morgan fingerprint density at radius 1 is 1.31 bits per heavy atom. The first-order chi connectivity index (χ1) is 15.2. The summed E-state index contributed by atoms with van der Waals surface area (Å²) in [6.07, 6.45) is -2.79. The van der Waals surface area contributed by atoms with Crippen LogP contribution in [-0.4, -0.2) is 34.6 Å². The zero-order chi connectivity index (χ0) is 23.0. The minimum Gasteiger partial charge on any atom is -0.493 e. The lowest BCUT2D eigenvalue weighted by atomic mass is 9.88. The van der Waals surface area contributed by atoms with Gasteiger partial charge in [0.25, 0.3) is 0 Å². The Bertz CT molecular complexity index is 1170. The number of aromatic nitrogens is 2. The minimum atomic E-state index is -4.84. The highest BCUT2D eigenvalue weighted by Crippen LogP contribution is 2.44. The molecule has 2 aromatic carbocycles. The predicted molar refractivity (Wildman–Crippen MR) is 109 cm³/mol. The second kappa shape index (κ2) is 8.19. The Labute approximate surface area is 181 Å². The smallest absolute Gasteiger partial charge is 0.416 e. The van der Waals surface area contributed by atoms with Crippen LogP contribution in [0.3, 0.4) is 0 Å². The summed E-state index contributed by atoms with van der Waals surface area (Å²) in [6, 6.07) is 6.99. The second-order valence-corrected chi connectivity index (χ2v) is 7.34. The highest BCUT2D eigenvalue weighted by Gasteiger charge is 2.39. The largest absolute Gasteiger partial charge is 0.493 e. The van der Waals surface area contributed by atoms with E-state index in [1.165, 1.54) is 23.1 Å². The summed E-state index contributed by atoms with van der Waals surface area (Å²) in [5.41, 5.74) is 5.67. The van der Waals surface area contributed by atoms with E-state index in [9.17, 15) is 23.1 Å². The van der Waals surface area contributed by atoms with E-state index in [1.807, 2.05) is 0 Å². The topological polar surface area (TPSA) is 99.6 Å². The molecular weight excluding hydrogens is 427 g/mol. The molecule has 1 aromatic heterocycles. The summed E-state index contributed by atoms with van der Waals surface area (Å²) in [6.45, 7) is 0.556. The van der Waals surface area contributed by atoms with Crippen molar-refractivity contribution >= 4 is 11.7 Å². The van der Waals surface area contributed by atoms with Gasteiger partial charge in [0.05, 0.1) is 43.0 Å². The SMILES string of the molecule is COC(=O)C(O)c1c(C(F)(F)F)ccc(-n2cc(N)cn2)c1-c1ccc2c(c1)CCCO2. The quantitative estimate of drug-likeness (QED) is 0.592. The van der Waals surface area contributed by atoms with Crippen LogP contribution in [0.25, 0.3) is 16.8 Å². The number of nitrogen functional groups attached to an aromatic ring is 1. The van der Waals surface area contributed by atoms with Crippen molar-refractivity contribution in [3.05, 3.63) is 59.4 Å². The molecule has 1 atom stereocenters. The number of benzene rings is 2. The summed E-state index contributed by atoms with van der Waals surface area (Å²) in [7, 11) is 0.993. The van der Waals surface area contributed by atoms with Crippen LogP contribution >= 0.6 is 0 Å². The van der Waals surface area contributed by atoms with Gasteiger partial charge in [-0.2, -0.15) is 18.3 Å². The van der Waals surface area contributed by atoms with Crippen LogP contribution in [0.5, 0.6) is 5.75 Å². The summed E-state index contributed by atoms with van der Waals surface area (Å²) in [5.74, 6) is -0.568. The summed E-state index contributed by atoms with van der Waals surface area (Å²) >= 11 is 0. The lowest BCUT2D eigenvalue weighted by Crippen LogP contribution is -2.21. The molecule has 32 heavy (non-hydrogen) atoms. The van der Waals surface area contributed by atoms with Crippen LogP contribution in [-0.2, 0) is 22.1 Å². The van der Waals surface area contributed by atoms with E-state index < -0.39 is 29.4 Å². The average molecular weight is 447 g/mol. The number of methoxy groups -OCH3 is 1. The number of aryl methyl sites for hydroxylation is 1. The van der Waals surface area contributed by atoms with E-state index in [-0.39, 0.29) is 11.3 Å². The number of aliphatic hydroxyl groups excluding tert-OH is 1. The van der Waals surface area contributed by atoms with Crippen LogP contribution in [0.2, 0.25) is 0 Å². The van der Waals surface area contributed by atoms with Crippen LogP contribution < -0.4 is 10.5 Å². The van der Waals surface area contributed by atoms with Gasteiger partial charge in [-0.25, -0.2) is 9.48 Å². The first kappa shape index (κ1) is 21.7. The van der Waals surface area contributed by atoms with E-state index in [0.717, 1.165) is 25.2 Å². The summed E-state index contributed by atoms with van der Waals surface area (Å²) in [5, 5.41) is 14.7. The number of hydrogen-bond acceptors (Lipinski definition) is 6. The average Bonchev–Trinajstić information content (AvgIpc) is 3.22. The number of halogens is 3. The zero-order valence-electron chi connectivity index (χ0n) is 17.0. The maximum atomic E-state index is 14.0. The lowest BCUT2D eigenvalue weighted by Gasteiger charge is -2.24. The lowest BCUT2D eigenvalue weighted by molar-refractivity contribution is -0.152. The number of carbonyl (C=O) groups excluding carboxylic acids is 1. The standard InChI is InChI=1S/C22H20F3N3O4/c1-31-21(30)20(29)19-15(22(23,24)25)5-6-16(28-11-14(26)10-27-28)18(19)13-4-7-17-12(9-13)3-2-8-32-17/h4-7,9-11,20,29H,2-3,8,26H2,1H3. The Hall–Kier alpha value is -3.53. The van der Waals surface area contributed by atoms with Gasteiger partial charge in [-0.3, -0.25) is 0 Å². The summed E-state index contributed by atoms with van der Waals surface area (Å²) in [4.78, 5) is 12.2. The number of alkyl halides is 3. The Kier molecular flexibility index (Phi) is 5.55. The fourth-order valence-electron chi connectivity index (χ4n) is 3.85. The molecule has 1 unspecified atom stereocenters. The molecule has 0 saturated heterocycles. The molecule has 0 spiro atoms.